The number of carbonyl (C=O) groups is 1. The van der Waals surface area contributed by atoms with Crippen LogP contribution in [0.4, 0.5) is 5.69 Å². The van der Waals surface area contributed by atoms with Crippen molar-refractivity contribution >= 4 is 11.6 Å². The standard InChI is InChI=1S/C15H22N2O3/c1-4-19-11-6-7-14(20-5-2)13(10-11)16-12-8-9-17(3)15(12)18/h6-7,10,12,16H,4-5,8-9H2,1-3H3. The molecule has 0 saturated carbocycles. The molecule has 1 N–H and O–H groups in total. The summed E-state index contributed by atoms with van der Waals surface area (Å²) in [7, 11) is 1.82. The van der Waals surface area contributed by atoms with Crippen LogP contribution in [0.3, 0.4) is 0 Å². The largest absolute Gasteiger partial charge is 0.494 e. The number of hydrogen-bond acceptors (Lipinski definition) is 4. The average molecular weight is 278 g/mol. The summed E-state index contributed by atoms with van der Waals surface area (Å²) in [4.78, 5) is 13.7. The molecule has 5 nitrogen and oxygen atoms in total. The number of likely N-dealkylation sites (tertiary alicyclic amines) is 1. The van der Waals surface area contributed by atoms with E-state index in [-0.39, 0.29) is 11.9 Å². The van der Waals surface area contributed by atoms with E-state index in [4.69, 9.17) is 9.47 Å². The van der Waals surface area contributed by atoms with Crippen molar-refractivity contribution in [2.75, 3.05) is 32.1 Å². The molecule has 1 aromatic rings. The zero-order valence-corrected chi connectivity index (χ0v) is 12.3. The Bertz CT molecular complexity index is 476. The number of hydrogen-bond donors (Lipinski definition) is 1. The average Bonchev–Trinajstić information content (AvgIpc) is 2.74. The molecule has 20 heavy (non-hydrogen) atoms. The van der Waals surface area contributed by atoms with Crippen LogP contribution in [0.15, 0.2) is 18.2 Å². The van der Waals surface area contributed by atoms with E-state index < -0.39 is 0 Å². The van der Waals surface area contributed by atoms with Crippen LogP contribution >= 0.6 is 0 Å². The van der Waals surface area contributed by atoms with E-state index in [1.165, 1.54) is 0 Å². The Morgan fingerprint density at radius 1 is 1.30 bits per heavy atom. The zero-order valence-electron chi connectivity index (χ0n) is 12.3. The van der Waals surface area contributed by atoms with Gasteiger partial charge in [0.2, 0.25) is 5.91 Å². The fourth-order valence-corrected chi connectivity index (χ4v) is 2.30. The molecule has 0 aromatic heterocycles. The van der Waals surface area contributed by atoms with E-state index in [0.29, 0.717) is 13.2 Å². The molecular weight excluding hydrogens is 256 g/mol. The van der Waals surface area contributed by atoms with Gasteiger partial charge in [0.25, 0.3) is 0 Å². The second-order valence-electron chi connectivity index (χ2n) is 4.77. The maximum absolute atomic E-state index is 12.0. The normalized spacial score (nSPS) is 18.2. The molecule has 1 aliphatic rings. The molecular formula is C15H22N2O3. The highest BCUT2D eigenvalue weighted by Gasteiger charge is 2.29. The van der Waals surface area contributed by atoms with Gasteiger partial charge in [0.1, 0.15) is 17.5 Å². The predicted octanol–water partition coefficient (Wildman–Crippen LogP) is 2.13. The van der Waals surface area contributed by atoms with E-state index in [1.807, 2.05) is 39.1 Å². The third-order valence-electron chi connectivity index (χ3n) is 3.32. The Balaban J connectivity index is 2.18. The van der Waals surface area contributed by atoms with Gasteiger partial charge in [-0.1, -0.05) is 0 Å². The summed E-state index contributed by atoms with van der Waals surface area (Å²) in [6.45, 7) is 5.86. The first kappa shape index (κ1) is 14.5. The summed E-state index contributed by atoms with van der Waals surface area (Å²) in [6, 6.07) is 5.46. The minimum atomic E-state index is -0.184. The first-order chi connectivity index (χ1) is 9.65. The Hall–Kier alpha value is -1.91. The summed E-state index contributed by atoms with van der Waals surface area (Å²) < 4.78 is 11.1. The van der Waals surface area contributed by atoms with Crippen molar-refractivity contribution in [1.29, 1.82) is 0 Å². The fraction of sp³-hybridized carbons (Fsp3) is 0.533. The number of benzene rings is 1. The molecule has 5 heteroatoms. The maximum atomic E-state index is 12.0. The van der Waals surface area contributed by atoms with Crippen molar-refractivity contribution in [3.8, 4) is 11.5 Å². The van der Waals surface area contributed by atoms with Gasteiger partial charge in [0, 0.05) is 19.7 Å². The smallest absolute Gasteiger partial charge is 0.244 e. The number of anilines is 1. The lowest BCUT2D eigenvalue weighted by Gasteiger charge is -2.17. The summed E-state index contributed by atoms with van der Waals surface area (Å²) in [5.41, 5.74) is 0.812. The Morgan fingerprint density at radius 3 is 2.65 bits per heavy atom. The number of nitrogens with zero attached hydrogens (tertiary/aromatic N) is 1. The molecule has 1 aromatic carbocycles. The van der Waals surface area contributed by atoms with Crippen LogP contribution in [0.25, 0.3) is 0 Å². The van der Waals surface area contributed by atoms with Gasteiger partial charge in [-0.25, -0.2) is 0 Å². The highest BCUT2D eigenvalue weighted by Crippen LogP contribution is 2.31. The van der Waals surface area contributed by atoms with Crippen LogP contribution in [0.5, 0.6) is 11.5 Å². The van der Waals surface area contributed by atoms with Crippen molar-refractivity contribution in [3.05, 3.63) is 18.2 Å². The van der Waals surface area contributed by atoms with Crippen LogP contribution in [0.1, 0.15) is 20.3 Å². The van der Waals surface area contributed by atoms with Crippen molar-refractivity contribution < 1.29 is 14.3 Å². The monoisotopic (exact) mass is 278 g/mol. The molecule has 1 atom stereocenters. The van der Waals surface area contributed by atoms with Gasteiger partial charge in [-0.15, -0.1) is 0 Å². The minimum absolute atomic E-state index is 0.120. The molecule has 0 spiro atoms. The van der Waals surface area contributed by atoms with Gasteiger partial charge >= 0.3 is 0 Å². The molecule has 0 radical (unpaired) electrons. The number of carbonyl (C=O) groups excluding carboxylic acids is 1. The van der Waals surface area contributed by atoms with E-state index in [0.717, 1.165) is 30.2 Å². The van der Waals surface area contributed by atoms with Crippen LogP contribution in [0.2, 0.25) is 0 Å². The molecule has 2 rings (SSSR count). The van der Waals surface area contributed by atoms with Gasteiger partial charge < -0.3 is 19.7 Å². The number of amides is 1. The Kier molecular flexibility index (Phi) is 4.71. The minimum Gasteiger partial charge on any atom is -0.494 e. The first-order valence-corrected chi connectivity index (χ1v) is 7.06. The van der Waals surface area contributed by atoms with Gasteiger partial charge in [-0.05, 0) is 32.4 Å². The maximum Gasteiger partial charge on any atom is 0.244 e. The van der Waals surface area contributed by atoms with Crippen molar-refractivity contribution in [2.45, 2.75) is 26.3 Å². The summed E-state index contributed by atoms with van der Waals surface area (Å²) >= 11 is 0. The fourth-order valence-electron chi connectivity index (χ4n) is 2.30. The van der Waals surface area contributed by atoms with Crippen LogP contribution in [0, 0.1) is 0 Å². The zero-order chi connectivity index (χ0) is 14.5. The highest BCUT2D eigenvalue weighted by molar-refractivity contribution is 5.87. The van der Waals surface area contributed by atoms with Crippen LogP contribution in [-0.2, 0) is 4.79 Å². The topological polar surface area (TPSA) is 50.8 Å². The summed E-state index contributed by atoms with van der Waals surface area (Å²) in [6.07, 6.45) is 0.805. The number of nitrogens with one attached hydrogen (secondary N) is 1. The van der Waals surface area contributed by atoms with Crippen LogP contribution < -0.4 is 14.8 Å². The molecule has 1 saturated heterocycles. The number of ether oxygens (including phenoxy) is 2. The number of likely N-dealkylation sites (N-methyl/N-ethyl adjacent to an activating group) is 1. The van der Waals surface area contributed by atoms with Gasteiger partial charge in [-0.3, -0.25) is 4.79 Å². The second-order valence-corrected chi connectivity index (χ2v) is 4.77. The highest BCUT2D eigenvalue weighted by atomic mass is 16.5. The molecule has 1 fully saturated rings. The van der Waals surface area contributed by atoms with Gasteiger partial charge in [-0.2, -0.15) is 0 Å². The molecule has 110 valence electrons. The molecule has 1 aliphatic heterocycles. The lowest BCUT2D eigenvalue weighted by molar-refractivity contribution is -0.127. The van der Waals surface area contributed by atoms with E-state index in [1.54, 1.807) is 4.90 Å². The van der Waals surface area contributed by atoms with Gasteiger partial charge in [0.05, 0.1) is 18.9 Å². The SMILES string of the molecule is CCOc1ccc(OCC)c(NC2CCN(C)C2=O)c1. The third-order valence-corrected chi connectivity index (χ3v) is 3.32. The quantitative estimate of drug-likeness (QED) is 0.866. The van der Waals surface area contributed by atoms with Crippen molar-refractivity contribution in [3.63, 3.8) is 0 Å². The first-order valence-electron chi connectivity index (χ1n) is 7.06. The molecule has 1 amide bonds. The predicted molar refractivity (Wildman–Crippen MR) is 78.4 cm³/mol. The van der Waals surface area contributed by atoms with Crippen LogP contribution in [-0.4, -0.2) is 43.7 Å². The molecule has 1 unspecified atom stereocenters. The molecule has 1 heterocycles. The molecule has 0 bridgehead atoms. The lowest BCUT2D eigenvalue weighted by atomic mass is 10.2. The Morgan fingerprint density at radius 2 is 2.05 bits per heavy atom. The molecule has 0 aliphatic carbocycles. The van der Waals surface area contributed by atoms with Crippen molar-refractivity contribution in [2.24, 2.45) is 0 Å². The van der Waals surface area contributed by atoms with Crippen molar-refractivity contribution in [1.82, 2.24) is 4.90 Å². The van der Waals surface area contributed by atoms with E-state index in [9.17, 15) is 4.79 Å². The van der Waals surface area contributed by atoms with E-state index >= 15 is 0 Å². The van der Waals surface area contributed by atoms with Gasteiger partial charge in [0.15, 0.2) is 0 Å². The summed E-state index contributed by atoms with van der Waals surface area (Å²) in [5, 5.41) is 3.28. The second kappa shape index (κ2) is 6.50. The van der Waals surface area contributed by atoms with E-state index in [2.05, 4.69) is 5.32 Å². The number of rotatable bonds is 6. The Labute approximate surface area is 119 Å². The lowest BCUT2D eigenvalue weighted by Crippen LogP contribution is -2.31. The third kappa shape index (κ3) is 3.15. The summed E-state index contributed by atoms with van der Waals surface area (Å²) in [5.74, 6) is 1.64.